The molecule has 0 heterocycles. The van der Waals surface area contributed by atoms with E-state index >= 15 is 0 Å². The van der Waals surface area contributed by atoms with Crippen LogP contribution in [0.2, 0.25) is 0 Å². The fraction of sp³-hybridized carbons (Fsp3) is 0.400. The molecule has 0 bridgehead atoms. The zero-order valence-corrected chi connectivity index (χ0v) is 9.99. The lowest BCUT2D eigenvalue weighted by molar-refractivity contribution is -0.884. The van der Waals surface area contributed by atoms with Gasteiger partial charge in [-0.25, -0.2) is 0 Å². The summed E-state index contributed by atoms with van der Waals surface area (Å²) in [7, 11) is 5.85. The van der Waals surface area contributed by atoms with Crippen molar-refractivity contribution in [3.8, 4) is 0 Å². The first kappa shape index (κ1) is 13.0. The molecule has 0 unspecified atom stereocenters. The highest BCUT2D eigenvalue weighted by Gasteiger charge is 2.19. The van der Waals surface area contributed by atoms with Crippen molar-refractivity contribution in [2.75, 3.05) is 21.1 Å². The Labute approximate surface area is 98.6 Å². The third-order valence-electron chi connectivity index (χ3n) is 2.07. The van der Waals surface area contributed by atoms with Crippen LogP contribution in [0.4, 0.5) is 11.4 Å². The van der Waals surface area contributed by atoms with Crippen molar-refractivity contribution in [2.45, 2.75) is 6.54 Å². The molecule has 1 aromatic carbocycles. The van der Waals surface area contributed by atoms with Gasteiger partial charge in [0.15, 0.2) is 0 Å². The molecule has 0 amide bonds. The molecule has 0 saturated carbocycles. The molecular weight excluding hydrogens is 222 g/mol. The SMILES string of the molecule is C[N+](C)(C)Cc1ccc(N=[N+]=[N-])cc1[N+](=O)[O-]. The van der Waals surface area contributed by atoms with Crippen molar-refractivity contribution in [3.63, 3.8) is 0 Å². The number of nitro groups is 1. The summed E-state index contributed by atoms with van der Waals surface area (Å²) in [4.78, 5) is 13.1. The molecule has 17 heavy (non-hydrogen) atoms. The van der Waals surface area contributed by atoms with Gasteiger partial charge in [-0.15, -0.1) is 0 Å². The minimum absolute atomic E-state index is 0.0112. The molecular formula is C10H14N5O2+. The summed E-state index contributed by atoms with van der Waals surface area (Å²) in [6, 6.07) is 4.51. The van der Waals surface area contributed by atoms with Gasteiger partial charge in [0.05, 0.1) is 31.6 Å². The molecule has 0 fully saturated rings. The molecule has 7 heteroatoms. The van der Waals surface area contributed by atoms with Crippen LogP contribution < -0.4 is 0 Å². The Morgan fingerprint density at radius 2 is 2.12 bits per heavy atom. The molecule has 0 aliphatic rings. The van der Waals surface area contributed by atoms with Crippen LogP contribution in [-0.2, 0) is 6.54 Å². The van der Waals surface area contributed by atoms with Gasteiger partial charge < -0.3 is 4.48 Å². The second kappa shape index (κ2) is 4.82. The Balaban J connectivity index is 3.22. The standard InChI is InChI=1S/C10H14N5O2/c1-15(2,3)7-8-4-5-9(12-13-11)6-10(8)14(16)17/h4-6H,7H2,1-3H3/q+1. The van der Waals surface area contributed by atoms with E-state index in [2.05, 4.69) is 10.0 Å². The normalized spacial score (nSPS) is 10.8. The molecule has 0 radical (unpaired) electrons. The van der Waals surface area contributed by atoms with Crippen molar-refractivity contribution in [3.05, 3.63) is 44.3 Å². The molecule has 90 valence electrons. The van der Waals surface area contributed by atoms with E-state index in [9.17, 15) is 10.1 Å². The van der Waals surface area contributed by atoms with E-state index in [0.717, 1.165) is 0 Å². The Hall–Kier alpha value is -2.11. The fourth-order valence-corrected chi connectivity index (χ4v) is 1.48. The molecule has 1 aromatic rings. The number of benzene rings is 1. The monoisotopic (exact) mass is 236 g/mol. The van der Waals surface area contributed by atoms with Crippen molar-refractivity contribution in [1.82, 2.24) is 0 Å². The van der Waals surface area contributed by atoms with Crippen LogP contribution in [0.3, 0.4) is 0 Å². The van der Waals surface area contributed by atoms with E-state index in [4.69, 9.17) is 5.53 Å². The number of azide groups is 1. The lowest BCUT2D eigenvalue weighted by Crippen LogP contribution is -2.33. The summed E-state index contributed by atoms with van der Waals surface area (Å²) >= 11 is 0. The summed E-state index contributed by atoms with van der Waals surface area (Å²) in [5.41, 5.74) is 9.16. The summed E-state index contributed by atoms with van der Waals surface area (Å²) in [6.45, 7) is 0.535. The average molecular weight is 236 g/mol. The summed E-state index contributed by atoms with van der Waals surface area (Å²) in [5.74, 6) is 0. The maximum absolute atomic E-state index is 10.9. The number of quaternary nitrogens is 1. The van der Waals surface area contributed by atoms with Crippen LogP contribution in [-0.4, -0.2) is 30.5 Å². The van der Waals surface area contributed by atoms with E-state index in [1.54, 1.807) is 12.1 Å². The Kier molecular flexibility index (Phi) is 3.67. The first-order chi connectivity index (χ1) is 7.83. The zero-order valence-electron chi connectivity index (χ0n) is 9.99. The van der Waals surface area contributed by atoms with Crippen LogP contribution in [0, 0.1) is 10.1 Å². The Morgan fingerprint density at radius 3 is 2.59 bits per heavy atom. The van der Waals surface area contributed by atoms with E-state index in [1.165, 1.54) is 6.07 Å². The molecule has 7 nitrogen and oxygen atoms in total. The van der Waals surface area contributed by atoms with Gasteiger partial charge in [0, 0.05) is 16.7 Å². The van der Waals surface area contributed by atoms with Crippen molar-refractivity contribution in [2.24, 2.45) is 5.11 Å². The van der Waals surface area contributed by atoms with Gasteiger partial charge in [0.1, 0.15) is 6.54 Å². The molecule has 0 aliphatic heterocycles. The van der Waals surface area contributed by atoms with Crippen LogP contribution in [0.5, 0.6) is 0 Å². The minimum Gasteiger partial charge on any atom is -0.327 e. The molecule has 0 atom stereocenters. The van der Waals surface area contributed by atoms with Gasteiger partial charge in [-0.05, 0) is 11.6 Å². The number of hydrogen-bond acceptors (Lipinski definition) is 3. The maximum atomic E-state index is 10.9. The smallest absolute Gasteiger partial charge is 0.278 e. The molecule has 0 spiro atoms. The summed E-state index contributed by atoms with van der Waals surface area (Å²) < 4.78 is 0.585. The van der Waals surface area contributed by atoms with Crippen LogP contribution >= 0.6 is 0 Å². The second-order valence-electron chi connectivity index (χ2n) is 4.71. The fourth-order valence-electron chi connectivity index (χ4n) is 1.48. The predicted octanol–water partition coefficient (Wildman–Crippen LogP) is 2.74. The first-order valence-corrected chi connectivity index (χ1v) is 4.96. The topological polar surface area (TPSA) is 91.9 Å². The van der Waals surface area contributed by atoms with Gasteiger partial charge in [-0.3, -0.25) is 10.1 Å². The van der Waals surface area contributed by atoms with Gasteiger partial charge in [0.2, 0.25) is 0 Å². The molecule has 0 N–H and O–H groups in total. The average Bonchev–Trinajstić information content (AvgIpc) is 2.18. The molecule has 0 aromatic heterocycles. The minimum atomic E-state index is -0.457. The van der Waals surface area contributed by atoms with Gasteiger partial charge in [-0.1, -0.05) is 11.2 Å². The van der Waals surface area contributed by atoms with E-state index in [1.807, 2.05) is 21.1 Å². The quantitative estimate of drug-likeness (QED) is 0.201. The van der Waals surface area contributed by atoms with Crippen molar-refractivity contribution >= 4 is 11.4 Å². The summed E-state index contributed by atoms with van der Waals surface area (Å²) in [5, 5.41) is 14.3. The molecule has 0 aliphatic carbocycles. The van der Waals surface area contributed by atoms with Crippen molar-refractivity contribution < 1.29 is 9.41 Å². The van der Waals surface area contributed by atoms with E-state index in [-0.39, 0.29) is 11.4 Å². The zero-order chi connectivity index (χ0) is 13.1. The van der Waals surface area contributed by atoms with Crippen LogP contribution in [0.15, 0.2) is 23.3 Å². The highest BCUT2D eigenvalue weighted by Crippen LogP contribution is 2.26. The highest BCUT2D eigenvalue weighted by atomic mass is 16.6. The second-order valence-corrected chi connectivity index (χ2v) is 4.71. The lowest BCUT2D eigenvalue weighted by Gasteiger charge is -2.23. The largest absolute Gasteiger partial charge is 0.327 e. The lowest BCUT2D eigenvalue weighted by atomic mass is 10.1. The predicted molar refractivity (Wildman–Crippen MR) is 63.6 cm³/mol. The Morgan fingerprint density at radius 1 is 1.47 bits per heavy atom. The van der Waals surface area contributed by atoms with Crippen LogP contribution in [0.25, 0.3) is 10.4 Å². The van der Waals surface area contributed by atoms with Gasteiger partial charge in [-0.2, -0.15) is 0 Å². The molecule has 1 rings (SSSR count). The van der Waals surface area contributed by atoms with Crippen LogP contribution in [0.1, 0.15) is 5.56 Å². The number of nitrogens with zero attached hydrogens (tertiary/aromatic N) is 5. The van der Waals surface area contributed by atoms with E-state index < -0.39 is 4.92 Å². The number of hydrogen-bond donors (Lipinski definition) is 0. The third kappa shape index (κ3) is 3.75. The number of nitro benzene ring substituents is 1. The van der Waals surface area contributed by atoms with Gasteiger partial charge in [0.25, 0.3) is 5.69 Å². The Bertz CT molecular complexity index is 486. The molecule has 0 saturated heterocycles. The third-order valence-corrected chi connectivity index (χ3v) is 2.07. The summed E-state index contributed by atoms with van der Waals surface area (Å²) in [6.07, 6.45) is 0. The maximum Gasteiger partial charge on any atom is 0.278 e. The van der Waals surface area contributed by atoms with E-state index in [0.29, 0.717) is 16.6 Å². The highest BCUT2D eigenvalue weighted by molar-refractivity contribution is 5.51. The van der Waals surface area contributed by atoms with Gasteiger partial charge >= 0.3 is 0 Å². The number of rotatable bonds is 4. The van der Waals surface area contributed by atoms with Crippen molar-refractivity contribution in [1.29, 1.82) is 0 Å². The first-order valence-electron chi connectivity index (χ1n) is 4.96.